The Morgan fingerprint density at radius 2 is 1.96 bits per heavy atom. The molecule has 1 saturated carbocycles. The molecule has 1 heterocycles. The SMILES string of the molecule is O=C(CN[C@@H]1CCCC[C@@H]1C(F)(F)F)N[C@H](c1ccccc1)c1nccs1. The van der Waals surface area contributed by atoms with Crippen LogP contribution in [0, 0.1) is 5.92 Å². The van der Waals surface area contributed by atoms with E-state index in [1.54, 1.807) is 6.20 Å². The summed E-state index contributed by atoms with van der Waals surface area (Å²) >= 11 is 1.42. The molecule has 8 heteroatoms. The minimum atomic E-state index is -4.23. The van der Waals surface area contributed by atoms with Crippen LogP contribution in [0.2, 0.25) is 0 Å². The van der Waals surface area contributed by atoms with Gasteiger partial charge in [-0.3, -0.25) is 4.79 Å². The molecule has 1 aromatic heterocycles. The van der Waals surface area contributed by atoms with Crippen LogP contribution in [0.15, 0.2) is 41.9 Å². The second-order valence-corrected chi connectivity index (χ2v) is 7.63. The molecule has 3 atom stereocenters. The number of rotatable bonds is 6. The summed E-state index contributed by atoms with van der Waals surface area (Å²) in [5, 5.41) is 8.29. The van der Waals surface area contributed by atoms with Gasteiger partial charge in [0.15, 0.2) is 0 Å². The number of carbonyl (C=O) groups is 1. The van der Waals surface area contributed by atoms with Crippen molar-refractivity contribution in [3.05, 3.63) is 52.5 Å². The van der Waals surface area contributed by atoms with Gasteiger partial charge >= 0.3 is 6.18 Å². The summed E-state index contributed by atoms with van der Waals surface area (Å²) in [6.45, 7) is -0.147. The van der Waals surface area contributed by atoms with E-state index in [2.05, 4.69) is 15.6 Å². The fourth-order valence-corrected chi connectivity index (χ4v) is 4.23. The van der Waals surface area contributed by atoms with E-state index < -0.39 is 24.2 Å². The number of thiazole rings is 1. The van der Waals surface area contributed by atoms with Gasteiger partial charge in [0.2, 0.25) is 5.91 Å². The lowest BCUT2D eigenvalue weighted by atomic mass is 9.84. The summed E-state index contributed by atoms with van der Waals surface area (Å²) in [6, 6.07) is 8.28. The molecular formula is C19H22F3N3OS. The molecule has 2 N–H and O–H groups in total. The minimum Gasteiger partial charge on any atom is -0.342 e. The normalized spacial score (nSPS) is 21.6. The van der Waals surface area contributed by atoms with Gasteiger partial charge in [-0.1, -0.05) is 43.2 Å². The van der Waals surface area contributed by atoms with Crippen molar-refractivity contribution in [1.82, 2.24) is 15.6 Å². The number of halogens is 3. The first-order valence-corrected chi connectivity index (χ1v) is 9.87. The van der Waals surface area contributed by atoms with Crippen LogP contribution in [0.1, 0.15) is 42.3 Å². The molecule has 0 unspecified atom stereocenters. The summed E-state index contributed by atoms with van der Waals surface area (Å²) in [5.74, 6) is -1.73. The van der Waals surface area contributed by atoms with Crippen LogP contribution in [0.5, 0.6) is 0 Å². The van der Waals surface area contributed by atoms with E-state index in [1.807, 2.05) is 35.7 Å². The van der Waals surface area contributed by atoms with Crippen molar-refractivity contribution in [3.63, 3.8) is 0 Å². The molecule has 1 aromatic carbocycles. The Labute approximate surface area is 160 Å². The summed E-state index contributed by atoms with van der Waals surface area (Å²) in [5.41, 5.74) is 0.881. The second kappa shape index (κ2) is 8.84. The van der Waals surface area contributed by atoms with Gasteiger partial charge in [0.1, 0.15) is 11.0 Å². The standard InChI is InChI=1S/C19H22F3N3OS/c20-19(21,22)14-8-4-5-9-15(14)24-12-16(26)25-17(18-23-10-11-27-18)13-6-2-1-3-7-13/h1-3,6-7,10-11,14-15,17,24H,4-5,8-9,12H2,(H,25,26)/t14-,15+,17+/m0/s1. The molecule has 0 aliphatic heterocycles. The number of alkyl halides is 3. The highest BCUT2D eigenvalue weighted by atomic mass is 32.1. The zero-order valence-corrected chi connectivity index (χ0v) is 15.5. The first-order chi connectivity index (χ1) is 12.9. The van der Waals surface area contributed by atoms with E-state index in [0.29, 0.717) is 12.8 Å². The predicted molar refractivity (Wildman–Crippen MR) is 98.3 cm³/mol. The van der Waals surface area contributed by atoms with Crippen LogP contribution in [0.4, 0.5) is 13.2 Å². The molecule has 1 amide bonds. The largest absolute Gasteiger partial charge is 0.393 e. The molecular weight excluding hydrogens is 375 g/mol. The lowest BCUT2D eigenvalue weighted by Gasteiger charge is -2.33. The van der Waals surface area contributed by atoms with Crippen LogP contribution in [-0.4, -0.2) is 29.7 Å². The number of amides is 1. The van der Waals surface area contributed by atoms with E-state index in [0.717, 1.165) is 17.0 Å². The summed E-state index contributed by atoms with van der Waals surface area (Å²) < 4.78 is 39.6. The van der Waals surface area contributed by atoms with Crippen molar-refractivity contribution in [1.29, 1.82) is 0 Å². The fraction of sp³-hybridized carbons (Fsp3) is 0.474. The Kier molecular flexibility index (Phi) is 6.49. The number of carbonyl (C=O) groups excluding carboxylic acids is 1. The zero-order valence-electron chi connectivity index (χ0n) is 14.7. The van der Waals surface area contributed by atoms with Crippen molar-refractivity contribution < 1.29 is 18.0 Å². The molecule has 27 heavy (non-hydrogen) atoms. The monoisotopic (exact) mass is 397 g/mol. The Balaban J connectivity index is 1.63. The van der Waals surface area contributed by atoms with E-state index in [1.165, 1.54) is 11.3 Å². The maximum atomic E-state index is 13.2. The van der Waals surface area contributed by atoms with Crippen LogP contribution >= 0.6 is 11.3 Å². The second-order valence-electron chi connectivity index (χ2n) is 6.70. The molecule has 4 nitrogen and oxygen atoms in total. The van der Waals surface area contributed by atoms with Crippen LogP contribution in [0.3, 0.4) is 0 Å². The molecule has 0 saturated heterocycles. The van der Waals surface area contributed by atoms with Crippen molar-refractivity contribution in [2.24, 2.45) is 5.92 Å². The first kappa shape index (κ1) is 19.8. The molecule has 1 fully saturated rings. The lowest BCUT2D eigenvalue weighted by Crippen LogP contribution is -2.48. The van der Waals surface area contributed by atoms with Gasteiger partial charge in [0, 0.05) is 17.6 Å². The van der Waals surface area contributed by atoms with Crippen LogP contribution < -0.4 is 10.6 Å². The van der Waals surface area contributed by atoms with E-state index in [9.17, 15) is 18.0 Å². The third kappa shape index (κ3) is 5.29. The van der Waals surface area contributed by atoms with Crippen molar-refractivity contribution in [2.45, 2.75) is 43.9 Å². The number of hydrogen-bond acceptors (Lipinski definition) is 4. The highest BCUT2D eigenvalue weighted by molar-refractivity contribution is 7.09. The highest BCUT2D eigenvalue weighted by Crippen LogP contribution is 2.37. The number of aromatic nitrogens is 1. The average molecular weight is 397 g/mol. The number of nitrogens with zero attached hydrogens (tertiary/aromatic N) is 1. The van der Waals surface area contributed by atoms with Gasteiger partial charge in [-0.25, -0.2) is 4.98 Å². The molecule has 2 aromatic rings. The molecule has 0 radical (unpaired) electrons. The highest BCUT2D eigenvalue weighted by Gasteiger charge is 2.45. The van der Waals surface area contributed by atoms with Crippen molar-refractivity contribution in [2.75, 3.05) is 6.54 Å². The van der Waals surface area contributed by atoms with Crippen LogP contribution in [0.25, 0.3) is 0 Å². The van der Waals surface area contributed by atoms with Gasteiger partial charge in [-0.15, -0.1) is 11.3 Å². The first-order valence-electron chi connectivity index (χ1n) is 8.99. The average Bonchev–Trinajstić information content (AvgIpc) is 3.19. The topological polar surface area (TPSA) is 54.0 Å². The maximum Gasteiger partial charge on any atom is 0.393 e. The summed E-state index contributed by atoms with van der Waals surface area (Å²) in [6.07, 6.45) is -0.689. The molecule has 0 bridgehead atoms. The Bertz CT molecular complexity index is 722. The lowest BCUT2D eigenvalue weighted by molar-refractivity contribution is -0.189. The number of nitrogens with one attached hydrogen (secondary N) is 2. The minimum absolute atomic E-state index is 0.120. The van der Waals surface area contributed by atoms with E-state index in [4.69, 9.17) is 0 Å². The quantitative estimate of drug-likeness (QED) is 0.773. The molecule has 3 rings (SSSR count). The van der Waals surface area contributed by atoms with Crippen molar-refractivity contribution >= 4 is 17.2 Å². The van der Waals surface area contributed by atoms with Gasteiger partial charge in [-0.05, 0) is 18.4 Å². The van der Waals surface area contributed by atoms with Gasteiger partial charge in [-0.2, -0.15) is 13.2 Å². The fourth-order valence-electron chi connectivity index (χ4n) is 3.51. The Morgan fingerprint density at radius 1 is 1.22 bits per heavy atom. The molecule has 1 aliphatic carbocycles. The smallest absolute Gasteiger partial charge is 0.342 e. The number of benzene rings is 1. The van der Waals surface area contributed by atoms with Crippen LogP contribution in [-0.2, 0) is 4.79 Å². The van der Waals surface area contributed by atoms with E-state index >= 15 is 0 Å². The third-order valence-electron chi connectivity index (χ3n) is 4.85. The molecule has 146 valence electrons. The van der Waals surface area contributed by atoms with Gasteiger partial charge < -0.3 is 10.6 Å². The van der Waals surface area contributed by atoms with Gasteiger partial charge in [0.05, 0.1) is 12.5 Å². The van der Waals surface area contributed by atoms with E-state index in [-0.39, 0.29) is 18.9 Å². The van der Waals surface area contributed by atoms with Gasteiger partial charge in [0.25, 0.3) is 0 Å². The van der Waals surface area contributed by atoms with Crippen molar-refractivity contribution in [3.8, 4) is 0 Å². The Hall–Kier alpha value is -1.93. The maximum absolute atomic E-state index is 13.2. The predicted octanol–water partition coefficient (Wildman–Crippen LogP) is 4.06. The number of hydrogen-bond donors (Lipinski definition) is 2. The Morgan fingerprint density at radius 3 is 2.63 bits per heavy atom. The molecule has 1 aliphatic rings. The summed E-state index contributed by atoms with van der Waals surface area (Å²) in [4.78, 5) is 16.7. The third-order valence-corrected chi connectivity index (χ3v) is 5.69. The molecule has 0 spiro atoms. The zero-order chi connectivity index (χ0) is 19.3. The summed E-state index contributed by atoms with van der Waals surface area (Å²) in [7, 11) is 0.